The summed E-state index contributed by atoms with van der Waals surface area (Å²) < 4.78 is 17.7. The highest BCUT2D eigenvalue weighted by Gasteiger charge is 2.31. The van der Waals surface area contributed by atoms with Crippen molar-refractivity contribution >= 4 is 27.5 Å². The first-order chi connectivity index (χ1) is 11.7. The minimum absolute atomic E-state index is 0.0196. The predicted octanol–water partition coefficient (Wildman–Crippen LogP) is 4.05. The number of amides is 1. The third-order valence-corrected chi connectivity index (χ3v) is 4.72. The highest BCUT2D eigenvalue weighted by atomic mass is 79.9. The van der Waals surface area contributed by atoms with Gasteiger partial charge in [0.2, 0.25) is 12.7 Å². The number of ether oxygens (including phenoxy) is 3. The summed E-state index contributed by atoms with van der Waals surface area (Å²) >= 11 is 3.52. The molecule has 0 saturated carbocycles. The number of fused-ring (bicyclic) bond motifs is 2. The van der Waals surface area contributed by atoms with Gasteiger partial charge in [0.15, 0.2) is 11.5 Å². The van der Waals surface area contributed by atoms with E-state index in [-0.39, 0.29) is 18.6 Å². The molecule has 124 valence electrons. The summed E-state index contributed by atoms with van der Waals surface area (Å²) in [4.78, 5) is 12.2. The largest absolute Gasteiger partial charge is 0.494 e. The minimum Gasteiger partial charge on any atom is -0.494 e. The second-order valence-corrected chi connectivity index (χ2v) is 6.63. The molecule has 2 aliphatic heterocycles. The first-order valence-electron chi connectivity index (χ1n) is 7.81. The summed E-state index contributed by atoms with van der Waals surface area (Å²) in [5.41, 5.74) is 2.77. The third kappa shape index (κ3) is 2.60. The smallest absolute Gasteiger partial charge is 0.231 e. The molecule has 6 heteroatoms. The van der Waals surface area contributed by atoms with E-state index in [0.717, 1.165) is 27.0 Å². The van der Waals surface area contributed by atoms with Crippen LogP contribution in [-0.2, 0) is 4.79 Å². The lowest BCUT2D eigenvalue weighted by Crippen LogP contribution is -2.23. The number of carbonyl (C=O) groups is 1. The molecule has 2 aromatic rings. The predicted molar refractivity (Wildman–Crippen MR) is 93.0 cm³/mol. The van der Waals surface area contributed by atoms with E-state index in [1.807, 2.05) is 37.3 Å². The Kier molecular flexibility index (Phi) is 3.84. The Morgan fingerprint density at radius 3 is 2.79 bits per heavy atom. The topological polar surface area (TPSA) is 56.8 Å². The molecule has 2 aliphatic rings. The molecule has 4 rings (SSSR count). The molecular weight excluding hydrogens is 374 g/mol. The monoisotopic (exact) mass is 389 g/mol. The summed E-state index contributed by atoms with van der Waals surface area (Å²) in [6, 6.07) is 9.68. The summed E-state index contributed by atoms with van der Waals surface area (Å²) in [5.74, 6) is 2.05. The fourth-order valence-electron chi connectivity index (χ4n) is 3.21. The van der Waals surface area contributed by atoms with Gasteiger partial charge >= 0.3 is 0 Å². The fourth-order valence-corrected chi connectivity index (χ4v) is 3.59. The van der Waals surface area contributed by atoms with Crippen molar-refractivity contribution in [1.29, 1.82) is 0 Å². The van der Waals surface area contributed by atoms with Crippen molar-refractivity contribution in [2.45, 2.75) is 19.3 Å². The van der Waals surface area contributed by atoms with Crippen molar-refractivity contribution in [1.82, 2.24) is 0 Å². The molecule has 0 aliphatic carbocycles. The van der Waals surface area contributed by atoms with Gasteiger partial charge in [-0.25, -0.2) is 0 Å². The van der Waals surface area contributed by atoms with Gasteiger partial charge in [-0.2, -0.15) is 0 Å². The number of anilines is 1. The molecule has 1 amide bonds. The molecule has 1 atom stereocenters. The maximum atomic E-state index is 12.2. The van der Waals surface area contributed by atoms with E-state index < -0.39 is 0 Å². The van der Waals surface area contributed by atoms with Crippen molar-refractivity contribution in [2.24, 2.45) is 0 Å². The molecule has 0 aromatic heterocycles. The van der Waals surface area contributed by atoms with Gasteiger partial charge in [-0.15, -0.1) is 0 Å². The molecule has 1 N–H and O–H groups in total. The molecule has 0 unspecified atom stereocenters. The van der Waals surface area contributed by atoms with Gasteiger partial charge in [0.05, 0.1) is 6.61 Å². The maximum absolute atomic E-state index is 12.2. The number of rotatable bonds is 3. The van der Waals surface area contributed by atoms with Gasteiger partial charge in [0.1, 0.15) is 5.75 Å². The van der Waals surface area contributed by atoms with Crippen LogP contribution in [0.2, 0.25) is 0 Å². The molecule has 0 fully saturated rings. The molecule has 0 radical (unpaired) electrons. The SMILES string of the molecule is CCOc1ccc(Br)cc1[C@H]1CC(=O)Nc2cc3c(cc21)OCO3. The van der Waals surface area contributed by atoms with Gasteiger partial charge in [-0.05, 0) is 36.8 Å². The Bertz CT molecular complexity index is 821. The molecule has 2 heterocycles. The average Bonchev–Trinajstić information content (AvgIpc) is 3.01. The summed E-state index contributed by atoms with van der Waals surface area (Å²) in [6.07, 6.45) is 0.364. The van der Waals surface area contributed by atoms with Gasteiger partial charge in [-0.3, -0.25) is 4.79 Å². The van der Waals surface area contributed by atoms with Crippen LogP contribution in [0.3, 0.4) is 0 Å². The lowest BCUT2D eigenvalue weighted by molar-refractivity contribution is -0.116. The van der Waals surface area contributed by atoms with Crippen molar-refractivity contribution in [3.05, 3.63) is 45.9 Å². The molecule has 24 heavy (non-hydrogen) atoms. The van der Waals surface area contributed by atoms with E-state index in [9.17, 15) is 4.79 Å². The molecule has 5 nitrogen and oxygen atoms in total. The summed E-state index contributed by atoms with van der Waals surface area (Å²) in [6.45, 7) is 2.73. The minimum atomic E-state index is -0.0951. The summed E-state index contributed by atoms with van der Waals surface area (Å²) in [5, 5.41) is 2.93. The Morgan fingerprint density at radius 1 is 1.21 bits per heavy atom. The molecule has 0 bridgehead atoms. The number of benzene rings is 2. The second kappa shape index (κ2) is 6.02. The highest BCUT2D eigenvalue weighted by molar-refractivity contribution is 9.10. The number of hydrogen-bond acceptors (Lipinski definition) is 4. The van der Waals surface area contributed by atoms with Crippen LogP contribution >= 0.6 is 15.9 Å². The van der Waals surface area contributed by atoms with Crippen LogP contribution in [0.25, 0.3) is 0 Å². The van der Waals surface area contributed by atoms with Crippen LogP contribution in [0.1, 0.15) is 30.4 Å². The molecule has 0 spiro atoms. The zero-order chi connectivity index (χ0) is 16.7. The number of nitrogens with one attached hydrogen (secondary N) is 1. The van der Waals surface area contributed by atoms with Gasteiger partial charge < -0.3 is 19.5 Å². The molecular formula is C18H16BrNO4. The number of carbonyl (C=O) groups excluding carboxylic acids is 1. The van der Waals surface area contributed by atoms with E-state index in [0.29, 0.717) is 24.5 Å². The Hall–Kier alpha value is -2.21. The zero-order valence-electron chi connectivity index (χ0n) is 13.1. The van der Waals surface area contributed by atoms with Crippen LogP contribution in [-0.4, -0.2) is 19.3 Å². The Morgan fingerprint density at radius 2 is 2.00 bits per heavy atom. The first-order valence-corrected chi connectivity index (χ1v) is 8.60. The van der Waals surface area contributed by atoms with Crippen molar-refractivity contribution in [3.8, 4) is 17.2 Å². The Labute approximate surface area is 148 Å². The third-order valence-electron chi connectivity index (χ3n) is 4.23. The van der Waals surface area contributed by atoms with Crippen LogP contribution in [0.4, 0.5) is 5.69 Å². The zero-order valence-corrected chi connectivity index (χ0v) is 14.7. The lowest BCUT2D eigenvalue weighted by Gasteiger charge is -2.27. The van der Waals surface area contributed by atoms with Crippen LogP contribution in [0.5, 0.6) is 17.2 Å². The fraction of sp³-hybridized carbons (Fsp3) is 0.278. The second-order valence-electron chi connectivity index (χ2n) is 5.71. The van der Waals surface area contributed by atoms with Crippen molar-refractivity contribution in [3.63, 3.8) is 0 Å². The summed E-state index contributed by atoms with van der Waals surface area (Å²) in [7, 11) is 0. The van der Waals surface area contributed by atoms with Gasteiger partial charge in [-0.1, -0.05) is 15.9 Å². The average molecular weight is 390 g/mol. The van der Waals surface area contributed by atoms with Gasteiger partial charge in [0.25, 0.3) is 0 Å². The van der Waals surface area contributed by atoms with E-state index >= 15 is 0 Å². The van der Waals surface area contributed by atoms with Crippen LogP contribution < -0.4 is 19.5 Å². The van der Waals surface area contributed by atoms with Crippen LogP contribution in [0.15, 0.2) is 34.8 Å². The maximum Gasteiger partial charge on any atom is 0.231 e. The van der Waals surface area contributed by atoms with E-state index in [1.165, 1.54) is 0 Å². The quantitative estimate of drug-likeness (QED) is 0.859. The van der Waals surface area contributed by atoms with Gasteiger partial charge in [0, 0.05) is 34.1 Å². The van der Waals surface area contributed by atoms with Crippen molar-refractivity contribution in [2.75, 3.05) is 18.7 Å². The van der Waals surface area contributed by atoms with E-state index in [1.54, 1.807) is 0 Å². The van der Waals surface area contributed by atoms with E-state index in [4.69, 9.17) is 14.2 Å². The number of hydrogen-bond donors (Lipinski definition) is 1. The van der Waals surface area contributed by atoms with Crippen molar-refractivity contribution < 1.29 is 19.0 Å². The standard InChI is InChI=1S/C18H16BrNO4/c1-2-22-15-4-3-10(19)5-13(15)11-7-18(21)20-14-8-17-16(6-12(11)14)23-9-24-17/h3-6,8,11H,2,7,9H2,1H3,(H,20,21)/t11-/m0/s1. The van der Waals surface area contributed by atoms with Crippen LogP contribution in [0, 0.1) is 0 Å². The number of halogens is 1. The first kappa shape index (κ1) is 15.3. The highest BCUT2D eigenvalue weighted by Crippen LogP contribution is 2.46. The Balaban J connectivity index is 1.86. The normalized spacial score (nSPS) is 18.1. The molecule has 2 aromatic carbocycles. The lowest BCUT2D eigenvalue weighted by atomic mass is 9.84. The molecule has 0 saturated heterocycles. The van der Waals surface area contributed by atoms with E-state index in [2.05, 4.69) is 21.2 Å².